The predicted octanol–water partition coefficient (Wildman–Crippen LogP) is 2.31. The third kappa shape index (κ3) is 2.39. The van der Waals surface area contributed by atoms with Gasteiger partial charge >= 0.3 is 0 Å². The molecule has 17 heavy (non-hydrogen) atoms. The summed E-state index contributed by atoms with van der Waals surface area (Å²) in [6.07, 6.45) is 5.34. The first-order chi connectivity index (χ1) is 8.31. The Kier molecular flexibility index (Phi) is 2.93. The van der Waals surface area contributed by atoms with Crippen LogP contribution in [0.25, 0.3) is 0 Å². The van der Waals surface area contributed by atoms with E-state index in [1.165, 1.54) is 44.5 Å². The maximum atomic E-state index is 5.70. The molecule has 2 heterocycles. The fourth-order valence-corrected chi connectivity index (χ4v) is 3.17. The molecule has 2 saturated heterocycles. The van der Waals surface area contributed by atoms with Crippen LogP contribution in [0.15, 0.2) is 24.3 Å². The van der Waals surface area contributed by atoms with Gasteiger partial charge in [0.05, 0.1) is 0 Å². The summed E-state index contributed by atoms with van der Waals surface area (Å²) in [5, 5.41) is 3.64. The minimum atomic E-state index is 0.637. The third-order valence-electron chi connectivity index (χ3n) is 4.10. The molecule has 0 aliphatic carbocycles. The fourth-order valence-electron chi connectivity index (χ4n) is 3.17. The lowest BCUT2D eigenvalue weighted by Gasteiger charge is -2.35. The zero-order valence-electron chi connectivity index (χ0n) is 10.2. The van der Waals surface area contributed by atoms with Gasteiger partial charge < -0.3 is 16.0 Å². The van der Waals surface area contributed by atoms with Crippen LogP contribution in [0.3, 0.4) is 0 Å². The third-order valence-corrected chi connectivity index (χ3v) is 4.10. The van der Waals surface area contributed by atoms with Gasteiger partial charge in [-0.1, -0.05) is 0 Å². The smallest absolute Gasteiger partial charge is 0.0343 e. The molecule has 1 aromatic rings. The van der Waals surface area contributed by atoms with Crippen molar-refractivity contribution in [1.82, 2.24) is 4.90 Å². The molecule has 3 N–H and O–H groups in total. The number of nitrogens with two attached hydrogens (primary N) is 1. The van der Waals surface area contributed by atoms with Gasteiger partial charge in [-0.05, 0) is 56.5 Å². The Balaban J connectivity index is 1.60. The first kappa shape index (κ1) is 10.9. The van der Waals surface area contributed by atoms with E-state index in [1.807, 2.05) is 12.1 Å². The Morgan fingerprint density at radius 2 is 1.94 bits per heavy atom. The van der Waals surface area contributed by atoms with Crippen molar-refractivity contribution in [2.24, 2.45) is 0 Å². The van der Waals surface area contributed by atoms with Crippen LogP contribution in [0.4, 0.5) is 11.4 Å². The minimum Gasteiger partial charge on any atom is -0.399 e. The van der Waals surface area contributed by atoms with Gasteiger partial charge in [-0.2, -0.15) is 0 Å². The highest BCUT2D eigenvalue weighted by Gasteiger charge is 2.31. The number of benzene rings is 1. The molecule has 2 unspecified atom stereocenters. The molecule has 0 saturated carbocycles. The Labute approximate surface area is 103 Å². The number of nitrogens with one attached hydrogen (secondary N) is 1. The normalized spacial score (nSPS) is 28.9. The first-order valence-electron chi connectivity index (χ1n) is 6.67. The van der Waals surface area contributed by atoms with Crippen molar-refractivity contribution in [3.8, 4) is 0 Å². The number of hydrogen-bond donors (Lipinski definition) is 2. The molecule has 0 radical (unpaired) electrons. The van der Waals surface area contributed by atoms with Gasteiger partial charge in [-0.25, -0.2) is 0 Å². The molecule has 2 fully saturated rings. The number of hydrogen-bond acceptors (Lipinski definition) is 3. The van der Waals surface area contributed by atoms with Gasteiger partial charge in [0.2, 0.25) is 0 Å². The summed E-state index contributed by atoms with van der Waals surface area (Å²) in [5.74, 6) is 0. The topological polar surface area (TPSA) is 41.3 Å². The van der Waals surface area contributed by atoms with E-state index in [4.69, 9.17) is 5.73 Å². The van der Waals surface area contributed by atoms with Crippen molar-refractivity contribution >= 4 is 11.4 Å². The van der Waals surface area contributed by atoms with Gasteiger partial charge in [0.25, 0.3) is 0 Å². The monoisotopic (exact) mass is 231 g/mol. The van der Waals surface area contributed by atoms with E-state index in [0.717, 1.165) is 11.7 Å². The Bertz CT molecular complexity index is 374. The molecule has 0 spiro atoms. The molecule has 1 aromatic carbocycles. The highest BCUT2D eigenvalue weighted by molar-refractivity contribution is 5.51. The lowest BCUT2D eigenvalue weighted by molar-refractivity contribution is 0.188. The molecular formula is C14H21N3. The van der Waals surface area contributed by atoms with Crippen molar-refractivity contribution in [2.75, 3.05) is 24.1 Å². The van der Waals surface area contributed by atoms with Crippen LogP contribution in [0, 0.1) is 0 Å². The van der Waals surface area contributed by atoms with E-state index in [2.05, 4.69) is 22.3 Å². The highest BCUT2D eigenvalue weighted by atomic mass is 15.2. The molecule has 0 aromatic heterocycles. The maximum Gasteiger partial charge on any atom is 0.0343 e. The average molecular weight is 231 g/mol. The van der Waals surface area contributed by atoms with E-state index in [-0.39, 0.29) is 0 Å². The standard InChI is InChI=1S/C14H21N3/c15-11-3-5-12(6-4-11)16-13-7-9-17-8-1-2-14(17)10-13/h3-6,13-14,16H,1-2,7-10,15H2. The predicted molar refractivity (Wildman–Crippen MR) is 72.1 cm³/mol. The van der Waals surface area contributed by atoms with Gasteiger partial charge in [-0.15, -0.1) is 0 Å². The molecule has 2 aliphatic heterocycles. The molecule has 92 valence electrons. The summed E-state index contributed by atoms with van der Waals surface area (Å²) in [6, 6.07) is 9.56. The Morgan fingerprint density at radius 1 is 1.12 bits per heavy atom. The summed E-state index contributed by atoms with van der Waals surface area (Å²) in [6.45, 7) is 2.58. The SMILES string of the molecule is Nc1ccc(NC2CCN3CCCC3C2)cc1. The Morgan fingerprint density at radius 3 is 2.76 bits per heavy atom. The van der Waals surface area contributed by atoms with Crippen LogP contribution in [-0.2, 0) is 0 Å². The fraction of sp³-hybridized carbons (Fsp3) is 0.571. The zero-order chi connectivity index (χ0) is 11.7. The van der Waals surface area contributed by atoms with Crippen LogP contribution >= 0.6 is 0 Å². The van der Waals surface area contributed by atoms with Crippen LogP contribution < -0.4 is 11.1 Å². The number of anilines is 2. The summed E-state index contributed by atoms with van der Waals surface area (Å²) in [5.41, 5.74) is 7.73. The maximum absolute atomic E-state index is 5.70. The largest absolute Gasteiger partial charge is 0.399 e. The number of nitrogens with zero attached hydrogens (tertiary/aromatic N) is 1. The molecule has 2 atom stereocenters. The number of fused-ring (bicyclic) bond motifs is 1. The lowest BCUT2D eigenvalue weighted by atomic mass is 9.97. The molecular weight excluding hydrogens is 210 g/mol. The second-order valence-electron chi connectivity index (χ2n) is 5.32. The zero-order valence-corrected chi connectivity index (χ0v) is 10.2. The van der Waals surface area contributed by atoms with Crippen molar-refractivity contribution in [2.45, 2.75) is 37.8 Å². The second-order valence-corrected chi connectivity index (χ2v) is 5.32. The lowest BCUT2D eigenvalue weighted by Crippen LogP contribution is -2.42. The van der Waals surface area contributed by atoms with Crippen LogP contribution in [-0.4, -0.2) is 30.1 Å². The van der Waals surface area contributed by atoms with Crippen LogP contribution in [0.5, 0.6) is 0 Å². The second kappa shape index (κ2) is 4.57. The number of rotatable bonds is 2. The summed E-state index contributed by atoms with van der Waals surface area (Å²) < 4.78 is 0. The molecule has 0 amide bonds. The number of piperidine rings is 1. The Hall–Kier alpha value is -1.22. The van der Waals surface area contributed by atoms with Crippen LogP contribution in [0.1, 0.15) is 25.7 Å². The van der Waals surface area contributed by atoms with Crippen LogP contribution in [0.2, 0.25) is 0 Å². The number of nitrogen functional groups attached to an aromatic ring is 1. The summed E-state index contributed by atoms with van der Waals surface area (Å²) in [4.78, 5) is 2.65. The molecule has 3 heteroatoms. The van der Waals surface area contributed by atoms with Gasteiger partial charge in [0.1, 0.15) is 0 Å². The highest BCUT2D eigenvalue weighted by Crippen LogP contribution is 2.28. The summed E-state index contributed by atoms with van der Waals surface area (Å²) >= 11 is 0. The van der Waals surface area contributed by atoms with Gasteiger partial charge in [0.15, 0.2) is 0 Å². The van der Waals surface area contributed by atoms with E-state index in [9.17, 15) is 0 Å². The van der Waals surface area contributed by atoms with E-state index in [1.54, 1.807) is 0 Å². The van der Waals surface area contributed by atoms with E-state index in [0.29, 0.717) is 6.04 Å². The van der Waals surface area contributed by atoms with Gasteiger partial charge in [0, 0.05) is 30.0 Å². The average Bonchev–Trinajstić information content (AvgIpc) is 2.79. The molecule has 2 aliphatic rings. The van der Waals surface area contributed by atoms with Crippen molar-refractivity contribution in [1.29, 1.82) is 0 Å². The first-order valence-corrected chi connectivity index (χ1v) is 6.67. The van der Waals surface area contributed by atoms with E-state index >= 15 is 0 Å². The van der Waals surface area contributed by atoms with Crippen molar-refractivity contribution in [3.63, 3.8) is 0 Å². The van der Waals surface area contributed by atoms with E-state index < -0.39 is 0 Å². The molecule has 3 nitrogen and oxygen atoms in total. The summed E-state index contributed by atoms with van der Waals surface area (Å²) in [7, 11) is 0. The van der Waals surface area contributed by atoms with Crippen molar-refractivity contribution < 1.29 is 0 Å². The molecule has 0 bridgehead atoms. The van der Waals surface area contributed by atoms with Crippen molar-refractivity contribution in [3.05, 3.63) is 24.3 Å². The quantitative estimate of drug-likeness (QED) is 0.767. The minimum absolute atomic E-state index is 0.637. The molecule has 3 rings (SSSR count). The van der Waals surface area contributed by atoms with Gasteiger partial charge in [-0.3, -0.25) is 0 Å².